The lowest BCUT2D eigenvalue weighted by molar-refractivity contribution is -0.248. The number of pyridine rings is 1. The number of amides is 3. The molecule has 0 radical (unpaired) electrons. The van der Waals surface area contributed by atoms with Crippen LogP contribution in [0.3, 0.4) is 0 Å². The molecule has 2 aliphatic heterocycles. The summed E-state index contributed by atoms with van der Waals surface area (Å²) in [6.45, 7) is 4.65. The number of nitrogens with zero attached hydrogens (tertiary/aromatic N) is 2. The molecule has 3 heterocycles. The molecule has 4 rings (SSSR count). The fraction of sp³-hybridized carbons (Fsp3) is 0.469. The van der Waals surface area contributed by atoms with Gasteiger partial charge in [0.2, 0.25) is 17.8 Å². The summed E-state index contributed by atoms with van der Waals surface area (Å²) in [5.74, 6) is -5.17. The lowest BCUT2D eigenvalue weighted by atomic mass is 10.1. The molecule has 12 nitrogen and oxygen atoms in total. The van der Waals surface area contributed by atoms with Crippen molar-refractivity contribution in [2.24, 2.45) is 0 Å². The van der Waals surface area contributed by atoms with Crippen LogP contribution in [0, 0.1) is 0 Å². The second-order valence-corrected chi connectivity index (χ2v) is 11.4. The number of halogens is 2. The maximum atomic E-state index is 13.9. The zero-order chi connectivity index (χ0) is 33.4. The van der Waals surface area contributed by atoms with Gasteiger partial charge >= 0.3 is 5.97 Å². The van der Waals surface area contributed by atoms with Gasteiger partial charge in [0.15, 0.2) is 0 Å². The van der Waals surface area contributed by atoms with Crippen molar-refractivity contribution in [2.45, 2.75) is 63.6 Å². The van der Waals surface area contributed by atoms with Crippen molar-refractivity contribution >= 4 is 40.7 Å². The molecule has 0 spiro atoms. The SMILES string of the molecule is C=C(C)[C@@H]1OC(=O)COC(CF)(CF)OC/C=C/c2ccc3ccc(nc3c2)[C@@H](C)NC(=O)[C@@H]2CCCN(N2)C(=O)[C@H](C)NC1=O. The van der Waals surface area contributed by atoms with E-state index in [1.807, 2.05) is 30.3 Å². The van der Waals surface area contributed by atoms with E-state index in [4.69, 9.17) is 19.2 Å². The average molecular weight is 644 g/mol. The van der Waals surface area contributed by atoms with Crippen LogP contribution in [0.2, 0.25) is 0 Å². The molecule has 3 amide bonds. The van der Waals surface area contributed by atoms with Crippen molar-refractivity contribution in [2.75, 3.05) is 33.1 Å². The highest BCUT2D eigenvalue weighted by molar-refractivity contribution is 5.92. The quantitative estimate of drug-likeness (QED) is 0.339. The van der Waals surface area contributed by atoms with Crippen LogP contribution in [0.25, 0.3) is 17.0 Å². The number of ether oxygens (including phenoxy) is 3. The Balaban J connectivity index is 1.61. The van der Waals surface area contributed by atoms with Crippen molar-refractivity contribution in [3.8, 4) is 0 Å². The molecule has 248 valence electrons. The summed E-state index contributed by atoms with van der Waals surface area (Å²) < 4.78 is 43.5. The molecule has 46 heavy (non-hydrogen) atoms. The van der Waals surface area contributed by atoms with Crippen LogP contribution in [0.4, 0.5) is 8.78 Å². The third kappa shape index (κ3) is 8.50. The Kier molecular flexibility index (Phi) is 11.5. The Morgan fingerprint density at radius 1 is 1.04 bits per heavy atom. The van der Waals surface area contributed by atoms with Gasteiger partial charge in [-0.1, -0.05) is 36.9 Å². The van der Waals surface area contributed by atoms with E-state index in [2.05, 4.69) is 22.6 Å². The minimum Gasteiger partial charge on any atom is -0.446 e. The molecule has 1 fully saturated rings. The van der Waals surface area contributed by atoms with E-state index in [-0.39, 0.29) is 18.1 Å². The van der Waals surface area contributed by atoms with Crippen LogP contribution < -0.4 is 16.1 Å². The standard InChI is InChI=1S/C32H39F2N5O7/c1-19(2)28-30(42)36-21(4)31(43)39-13-5-8-25(38-39)29(41)35-20(3)24-12-11-23-10-9-22(15-26(23)37-24)7-6-14-44-32(17-33,18-34)45-16-27(40)46-28/h6-7,9-12,15,20-21,25,28,38H,1,5,8,13-14,16-18H2,2-4H3,(H,35,41)(H,36,42)/b7-6+/t20-,21+,25+,28+/m1/s1. The first-order valence-electron chi connectivity index (χ1n) is 15.0. The summed E-state index contributed by atoms with van der Waals surface area (Å²) in [5, 5.41) is 7.58. The lowest BCUT2D eigenvalue weighted by Crippen LogP contribution is -2.61. The number of esters is 1. The van der Waals surface area contributed by atoms with Crippen molar-refractivity contribution in [1.29, 1.82) is 0 Å². The summed E-state index contributed by atoms with van der Waals surface area (Å²) in [4.78, 5) is 56.7. The van der Waals surface area contributed by atoms with Gasteiger partial charge in [0.25, 0.3) is 11.8 Å². The lowest BCUT2D eigenvalue weighted by Gasteiger charge is -2.35. The molecule has 1 saturated heterocycles. The summed E-state index contributed by atoms with van der Waals surface area (Å²) in [6, 6.07) is 6.97. The molecular weight excluding hydrogens is 604 g/mol. The van der Waals surface area contributed by atoms with Crippen LogP contribution in [0.1, 0.15) is 50.9 Å². The van der Waals surface area contributed by atoms with Crippen molar-refractivity contribution in [1.82, 2.24) is 26.1 Å². The van der Waals surface area contributed by atoms with Crippen LogP contribution in [-0.2, 0) is 33.4 Å². The molecule has 0 unspecified atom stereocenters. The first-order chi connectivity index (χ1) is 21.9. The Morgan fingerprint density at radius 2 is 1.76 bits per heavy atom. The van der Waals surface area contributed by atoms with Crippen LogP contribution in [-0.4, -0.2) is 90.8 Å². The van der Waals surface area contributed by atoms with Crippen LogP contribution in [0.15, 0.2) is 48.6 Å². The van der Waals surface area contributed by atoms with Gasteiger partial charge in [0.05, 0.1) is 23.9 Å². The Hall–Kier alpha value is -4.27. The van der Waals surface area contributed by atoms with E-state index in [0.717, 1.165) is 10.9 Å². The zero-order valence-electron chi connectivity index (χ0n) is 26.0. The van der Waals surface area contributed by atoms with E-state index in [1.165, 1.54) is 24.9 Å². The van der Waals surface area contributed by atoms with Gasteiger partial charge in [0.1, 0.15) is 32.0 Å². The van der Waals surface area contributed by atoms with Crippen molar-refractivity contribution < 1.29 is 42.2 Å². The summed E-state index contributed by atoms with van der Waals surface area (Å²) >= 11 is 0. The van der Waals surface area contributed by atoms with Gasteiger partial charge in [0, 0.05) is 11.9 Å². The minimum atomic E-state index is -2.38. The number of fused-ring (bicyclic) bond motifs is 4. The number of benzene rings is 1. The van der Waals surface area contributed by atoms with Crippen molar-refractivity contribution in [3.05, 3.63) is 59.8 Å². The first-order valence-corrected chi connectivity index (χ1v) is 15.0. The van der Waals surface area contributed by atoms with Crippen LogP contribution >= 0.6 is 0 Å². The molecule has 1 aromatic heterocycles. The molecule has 2 aliphatic rings. The number of nitrogens with one attached hydrogen (secondary N) is 3. The third-order valence-corrected chi connectivity index (χ3v) is 7.59. The highest BCUT2D eigenvalue weighted by Crippen LogP contribution is 2.21. The number of rotatable bonds is 3. The zero-order valence-corrected chi connectivity index (χ0v) is 26.0. The van der Waals surface area contributed by atoms with E-state index >= 15 is 0 Å². The maximum absolute atomic E-state index is 13.9. The molecule has 2 aromatic rings. The highest BCUT2D eigenvalue weighted by Gasteiger charge is 2.36. The first kappa shape index (κ1) is 34.6. The molecular formula is C32H39F2N5O7. The van der Waals surface area contributed by atoms with E-state index in [0.29, 0.717) is 30.6 Å². The van der Waals surface area contributed by atoms with Gasteiger partial charge in [-0.2, -0.15) is 0 Å². The summed E-state index contributed by atoms with van der Waals surface area (Å²) in [7, 11) is 0. The van der Waals surface area contributed by atoms with E-state index < -0.39 is 67.8 Å². The Morgan fingerprint density at radius 3 is 2.48 bits per heavy atom. The molecule has 3 N–H and O–H groups in total. The number of aromatic nitrogens is 1. The second-order valence-electron chi connectivity index (χ2n) is 11.4. The van der Waals surface area contributed by atoms with Gasteiger partial charge < -0.3 is 24.8 Å². The van der Waals surface area contributed by atoms with Gasteiger partial charge in [-0.25, -0.2) is 19.0 Å². The minimum absolute atomic E-state index is 0.131. The predicted octanol–water partition coefficient (Wildman–Crippen LogP) is 2.60. The molecule has 0 saturated carbocycles. The largest absolute Gasteiger partial charge is 0.446 e. The smallest absolute Gasteiger partial charge is 0.333 e. The fourth-order valence-corrected chi connectivity index (χ4v) is 4.95. The normalized spacial score (nSPS) is 26.1. The van der Waals surface area contributed by atoms with E-state index in [9.17, 15) is 28.0 Å². The molecule has 4 atom stereocenters. The number of cyclic esters (lactones) is 1. The number of carbonyl (C=O) groups is 4. The number of alkyl halides is 2. The van der Waals surface area contributed by atoms with E-state index in [1.54, 1.807) is 13.0 Å². The maximum Gasteiger partial charge on any atom is 0.333 e. The monoisotopic (exact) mass is 643 g/mol. The van der Waals surface area contributed by atoms with Gasteiger partial charge in [-0.15, -0.1) is 0 Å². The number of hydrogen-bond donors (Lipinski definition) is 3. The van der Waals surface area contributed by atoms with Crippen molar-refractivity contribution in [3.63, 3.8) is 0 Å². The third-order valence-electron chi connectivity index (χ3n) is 7.59. The topological polar surface area (TPSA) is 148 Å². The Bertz CT molecular complexity index is 1500. The predicted molar refractivity (Wildman–Crippen MR) is 164 cm³/mol. The molecule has 0 aliphatic carbocycles. The average Bonchev–Trinajstić information content (AvgIpc) is 3.05. The van der Waals surface area contributed by atoms with Gasteiger partial charge in [-0.3, -0.25) is 24.4 Å². The summed E-state index contributed by atoms with van der Waals surface area (Å²) in [6.07, 6.45) is 2.70. The highest BCUT2D eigenvalue weighted by atomic mass is 19.1. The molecule has 5 bridgehead atoms. The number of carbonyl (C=O) groups excluding carboxylic acids is 4. The summed E-state index contributed by atoms with van der Waals surface area (Å²) in [5.41, 5.74) is 5.09. The van der Waals surface area contributed by atoms with Crippen LogP contribution in [0.5, 0.6) is 0 Å². The number of hydrazine groups is 1. The number of hydrogen-bond acceptors (Lipinski definition) is 9. The second kappa shape index (κ2) is 15.3. The fourth-order valence-electron chi connectivity index (χ4n) is 4.95. The molecule has 14 heteroatoms. The van der Waals surface area contributed by atoms with Gasteiger partial charge in [-0.05, 0) is 56.9 Å². The Labute approximate surface area is 265 Å². The molecule has 1 aromatic carbocycles.